The molecule has 2 saturated carbocycles. The molecule has 0 heterocycles. The van der Waals surface area contributed by atoms with Gasteiger partial charge in [-0.15, -0.1) is 12.4 Å². The number of fused-ring (bicyclic) bond motifs is 2. The summed E-state index contributed by atoms with van der Waals surface area (Å²) >= 11 is 0. The molecule has 2 unspecified atom stereocenters. The van der Waals surface area contributed by atoms with Gasteiger partial charge in [-0.1, -0.05) is 6.42 Å². The van der Waals surface area contributed by atoms with Gasteiger partial charge in [0.1, 0.15) is 5.75 Å². The molecule has 1 aromatic carbocycles. The number of hydrogen-bond donors (Lipinski definition) is 2. The number of alkyl halides is 3. The van der Waals surface area contributed by atoms with Gasteiger partial charge in [-0.25, -0.2) is 0 Å². The fourth-order valence-corrected chi connectivity index (χ4v) is 4.05. The Morgan fingerprint density at radius 3 is 2.27 bits per heavy atom. The second kappa shape index (κ2) is 8.48. The highest BCUT2D eigenvalue weighted by atomic mass is 35.5. The van der Waals surface area contributed by atoms with E-state index in [1.54, 1.807) is 12.1 Å². The van der Waals surface area contributed by atoms with Crippen LogP contribution in [0.5, 0.6) is 5.75 Å². The average molecular weight is 393 g/mol. The van der Waals surface area contributed by atoms with Gasteiger partial charge in [-0.3, -0.25) is 4.79 Å². The van der Waals surface area contributed by atoms with Gasteiger partial charge in [0, 0.05) is 17.6 Å². The average Bonchev–Trinajstić information content (AvgIpc) is 2.53. The van der Waals surface area contributed by atoms with E-state index < -0.39 is 12.8 Å². The van der Waals surface area contributed by atoms with Crippen molar-refractivity contribution in [3.8, 4) is 5.75 Å². The van der Waals surface area contributed by atoms with Crippen LogP contribution in [-0.2, 0) is 4.79 Å². The number of nitrogens with two attached hydrogens (primary N) is 1. The van der Waals surface area contributed by atoms with Crippen molar-refractivity contribution in [1.29, 1.82) is 0 Å². The Labute approximate surface area is 157 Å². The fourth-order valence-electron chi connectivity index (χ4n) is 4.05. The third kappa shape index (κ3) is 5.27. The molecule has 2 aliphatic carbocycles. The first-order chi connectivity index (χ1) is 11.8. The lowest BCUT2D eigenvalue weighted by atomic mass is 9.65. The number of hydrogen-bond acceptors (Lipinski definition) is 3. The van der Waals surface area contributed by atoms with Crippen molar-refractivity contribution in [2.75, 3.05) is 11.9 Å². The number of anilines is 1. The standard InChI is InChI=1S/C18H23F3N2O2.ClH/c19-18(20,21)10-25-15-6-4-14(5-7-15)23-17(24)13-8-11-2-1-3-12(9-13)16(11)22;/h4-7,11-13,16H,1-3,8-10,22H2,(H,23,24);1H. The SMILES string of the molecule is Cl.NC1C2CCCC1CC(C(=O)Nc1ccc(OCC(F)(F)F)cc1)C2. The minimum absolute atomic E-state index is 0. The second-order valence-electron chi connectivity index (χ2n) is 7.11. The molecule has 3 rings (SSSR count). The van der Waals surface area contributed by atoms with Crippen LogP contribution in [0.4, 0.5) is 18.9 Å². The Morgan fingerprint density at radius 2 is 1.73 bits per heavy atom. The molecule has 0 saturated heterocycles. The number of carbonyl (C=O) groups excluding carboxylic acids is 1. The monoisotopic (exact) mass is 392 g/mol. The lowest BCUT2D eigenvalue weighted by Gasteiger charge is -2.43. The molecule has 146 valence electrons. The highest BCUT2D eigenvalue weighted by Crippen LogP contribution is 2.42. The fraction of sp³-hybridized carbons (Fsp3) is 0.611. The molecule has 0 spiro atoms. The lowest BCUT2D eigenvalue weighted by Crippen LogP contribution is -2.48. The summed E-state index contributed by atoms with van der Waals surface area (Å²) < 4.78 is 41.1. The van der Waals surface area contributed by atoms with Crippen molar-refractivity contribution in [1.82, 2.24) is 0 Å². The van der Waals surface area contributed by atoms with Gasteiger partial charge in [0.05, 0.1) is 0 Å². The zero-order valence-corrected chi connectivity index (χ0v) is 15.1. The van der Waals surface area contributed by atoms with Gasteiger partial charge in [-0.05, 0) is 61.8 Å². The molecule has 8 heteroatoms. The van der Waals surface area contributed by atoms with Crippen LogP contribution in [0, 0.1) is 17.8 Å². The van der Waals surface area contributed by atoms with Gasteiger partial charge in [-0.2, -0.15) is 13.2 Å². The van der Waals surface area contributed by atoms with Crippen molar-refractivity contribution in [3.05, 3.63) is 24.3 Å². The van der Waals surface area contributed by atoms with Crippen LogP contribution in [0.3, 0.4) is 0 Å². The van der Waals surface area contributed by atoms with E-state index in [-0.39, 0.29) is 36.0 Å². The topological polar surface area (TPSA) is 64.4 Å². The summed E-state index contributed by atoms with van der Waals surface area (Å²) in [6.07, 6.45) is 0.634. The number of ether oxygens (including phenoxy) is 1. The minimum Gasteiger partial charge on any atom is -0.484 e. The van der Waals surface area contributed by atoms with E-state index in [2.05, 4.69) is 10.1 Å². The van der Waals surface area contributed by atoms with Crippen molar-refractivity contribution in [2.45, 2.75) is 44.3 Å². The highest BCUT2D eigenvalue weighted by molar-refractivity contribution is 5.92. The summed E-state index contributed by atoms with van der Waals surface area (Å²) in [4.78, 5) is 12.5. The summed E-state index contributed by atoms with van der Waals surface area (Å²) in [5.41, 5.74) is 6.81. The molecule has 1 amide bonds. The zero-order valence-electron chi connectivity index (χ0n) is 14.3. The normalized spacial score (nSPS) is 28.0. The van der Waals surface area contributed by atoms with E-state index >= 15 is 0 Å². The van der Waals surface area contributed by atoms with Crippen LogP contribution in [0.25, 0.3) is 0 Å². The predicted molar refractivity (Wildman–Crippen MR) is 95.4 cm³/mol. The number of amides is 1. The van der Waals surface area contributed by atoms with Crippen LogP contribution < -0.4 is 15.8 Å². The maximum atomic E-state index is 12.5. The van der Waals surface area contributed by atoms with Crippen molar-refractivity contribution >= 4 is 24.0 Å². The largest absolute Gasteiger partial charge is 0.484 e. The molecule has 2 atom stereocenters. The first-order valence-corrected chi connectivity index (χ1v) is 8.68. The number of halogens is 4. The number of rotatable bonds is 4. The van der Waals surface area contributed by atoms with Gasteiger partial charge in [0.15, 0.2) is 6.61 Å². The molecule has 3 N–H and O–H groups in total. The maximum Gasteiger partial charge on any atom is 0.422 e. The van der Waals surface area contributed by atoms with Gasteiger partial charge in [0.25, 0.3) is 0 Å². The van der Waals surface area contributed by atoms with Gasteiger partial charge < -0.3 is 15.8 Å². The molecule has 4 nitrogen and oxygen atoms in total. The Morgan fingerprint density at radius 1 is 1.15 bits per heavy atom. The summed E-state index contributed by atoms with van der Waals surface area (Å²) in [7, 11) is 0. The first-order valence-electron chi connectivity index (χ1n) is 8.68. The molecular weight excluding hydrogens is 369 g/mol. The molecule has 0 aromatic heterocycles. The van der Waals surface area contributed by atoms with Crippen molar-refractivity contribution in [2.24, 2.45) is 23.5 Å². The van der Waals surface area contributed by atoms with Crippen molar-refractivity contribution in [3.63, 3.8) is 0 Å². The summed E-state index contributed by atoms with van der Waals surface area (Å²) in [6, 6.07) is 6.17. The second-order valence-corrected chi connectivity index (χ2v) is 7.11. The van der Waals surface area contributed by atoms with Crippen molar-refractivity contribution < 1.29 is 22.7 Å². The summed E-state index contributed by atoms with van der Waals surface area (Å²) in [5, 5.41) is 2.86. The van der Waals surface area contributed by atoms with E-state index in [4.69, 9.17) is 5.73 Å². The molecule has 26 heavy (non-hydrogen) atoms. The molecule has 2 fully saturated rings. The third-order valence-corrected chi connectivity index (χ3v) is 5.31. The van der Waals surface area contributed by atoms with Gasteiger partial charge >= 0.3 is 6.18 Å². The van der Waals surface area contributed by atoms with Crippen LogP contribution in [0.2, 0.25) is 0 Å². The Kier molecular flexibility index (Phi) is 6.80. The van der Waals surface area contributed by atoms with E-state index in [1.807, 2.05) is 0 Å². The van der Waals surface area contributed by atoms with Crippen LogP contribution in [0.1, 0.15) is 32.1 Å². The van der Waals surface area contributed by atoms with E-state index in [0.717, 1.165) is 25.7 Å². The molecule has 2 bridgehead atoms. The molecule has 0 radical (unpaired) electrons. The predicted octanol–water partition coefficient (Wildman–Crippen LogP) is 4.14. The van der Waals surface area contributed by atoms with E-state index in [1.165, 1.54) is 18.6 Å². The number of carbonyl (C=O) groups is 1. The Hall–Kier alpha value is -1.47. The third-order valence-electron chi connectivity index (χ3n) is 5.31. The molecular formula is C18H24ClF3N2O2. The molecule has 2 aliphatic rings. The minimum atomic E-state index is -4.37. The number of benzene rings is 1. The highest BCUT2D eigenvalue weighted by Gasteiger charge is 2.40. The van der Waals surface area contributed by atoms with Gasteiger partial charge in [0.2, 0.25) is 5.91 Å². The summed E-state index contributed by atoms with van der Waals surface area (Å²) in [6.45, 7) is -1.33. The summed E-state index contributed by atoms with van der Waals surface area (Å²) in [5.74, 6) is 0.875. The van der Waals surface area contributed by atoms with Crippen LogP contribution in [0.15, 0.2) is 24.3 Å². The maximum absolute atomic E-state index is 12.5. The van der Waals surface area contributed by atoms with E-state index in [0.29, 0.717) is 17.5 Å². The van der Waals surface area contributed by atoms with Crippen LogP contribution in [-0.4, -0.2) is 24.7 Å². The van der Waals surface area contributed by atoms with E-state index in [9.17, 15) is 18.0 Å². The molecule has 1 aromatic rings. The van der Waals surface area contributed by atoms with Crippen LogP contribution >= 0.6 is 12.4 Å². The lowest BCUT2D eigenvalue weighted by molar-refractivity contribution is -0.153. The number of nitrogens with one attached hydrogen (secondary N) is 1. The smallest absolute Gasteiger partial charge is 0.422 e. The Balaban J connectivity index is 0.00000243. The Bertz CT molecular complexity index is 595. The molecule has 0 aliphatic heterocycles. The first kappa shape index (κ1) is 20.8. The zero-order chi connectivity index (χ0) is 18.0. The quantitative estimate of drug-likeness (QED) is 0.809.